The van der Waals surface area contributed by atoms with E-state index in [1.54, 1.807) is 4.90 Å². The number of nitrogens with zero attached hydrogens (tertiary/aromatic N) is 1. The maximum atomic E-state index is 11.9. The Kier molecular flexibility index (Phi) is 8.11. The molecule has 1 amide bonds. The summed E-state index contributed by atoms with van der Waals surface area (Å²) in [6.07, 6.45) is 2.03. The van der Waals surface area contributed by atoms with Gasteiger partial charge in [0.15, 0.2) is 0 Å². The zero-order chi connectivity index (χ0) is 13.3. The summed E-state index contributed by atoms with van der Waals surface area (Å²) in [4.78, 5) is 24.7. The Hall–Kier alpha value is -1.32. The van der Waals surface area contributed by atoms with Crippen LogP contribution in [0.2, 0.25) is 0 Å². The molecule has 0 aliphatic carbocycles. The number of carbonyl (C=O) groups is 2. The molecule has 4 nitrogen and oxygen atoms in total. The topological polar surface area (TPSA) is 46.6 Å². The van der Waals surface area contributed by atoms with Crippen LogP contribution in [0, 0.1) is 0 Å². The zero-order valence-corrected chi connectivity index (χ0v) is 11.1. The molecule has 17 heavy (non-hydrogen) atoms. The lowest BCUT2D eigenvalue weighted by Gasteiger charge is -2.21. The van der Waals surface area contributed by atoms with E-state index in [0.717, 1.165) is 12.8 Å². The van der Waals surface area contributed by atoms with Gasteiger partial charge in [-0.3, -0.25) is 9.59 Å². The van der Waals surface area contributed by atoms with Crippen molar-refractivity contribution >= 4 is 11.9 Å². The van der Waals surface area contributed by atoms with Gasteiger partial charge in [-0.25, -0.2) is 0 Å². The van der Waals surface area contributed by atoms with Gasteiger partial charge in [0.2, 0.25) is 0 Å². The van der Waals surface area contributed by atoms with Crippen molar-refractivity contribution in [2.24, 2.45) is 0 Å². The van der Waals surface area contributed by atoms with E-state index in [2.05, 4.69) is 6.58 Å². The van der Waals surface area contributed by atoms with Gasteiger partial charge in [-0.2, -0.15) is 0 Å². The lowest BCUT2D eigenvalue weighted by Crippen LogP contribution is -2.33. The molecule has 0 aliphatic rings. The molecular formula is C13H23NO3. The summed E-state index contributed by atoms with van der Waals surface area (Å²) in [6.45, 7) is 10.9. The molecule has 0 unspecified atom stereocenters. The highest BCUT2D eigenvalue weighted by Gasteiger charge is 2.15. The van der Waals surface area contributed by atoms with Crippen LogP contribution in [0.5, 0.6) is 0 Å². The van der Waals surface area contributed by atoms with Crippen molar-refractivity contribution in [1.29, 1.82) is 0 Å². The van der Waals surface area contributed by atoms with E-state index in [4.69, 9.17) is 4.74 Å². The third-order valence-electron chi connectivity index (χ3n) is 2.33. The Bertz CT molecular complexity index is 274. The summed E-state index contributed by atoms with van der Waals surface area (Å²) in [5.74, 6) is -0.404. The first kappa shape index (κ1) is 15.7. The number of ether oxygens (including phenoxy) is 1. The van der Waals surface area contributed by atoms with Gasteiger partial charge in [-0.15, -0.1) is 0 Å². The number of hydrogen-bond donors (Lipinski definition) is 0. The molecule has 0 aliphatic heterocycles. The average Bonchev–Trinajstić information content (AvgIpc) is 2.32. The minimum Gasteiger partial charge on any atom is -0.461 e. The van der Waals surface area contributed by atoms with E-state index >= 15 is 0 Å². The van der Waals surface area contributed by atoms with Crippen molar-refractivity contribution in [2.45, 2.75) is 40.0 Å². The molecule has 0 spiro atoms. The summed E-state index contributed by atoms with van der Waals surface area (Å²) >= 11 is 0. The molecule has 0 heterocycles. The molecule has 98 valence electrons. The van der Waals surface area contributed by atoms with Crippen LogP contribution in [0.15, 0.2) is 12.2 Å². The van der Waals surface area contributed by atoms with Crippen molar-refractivity contribution in [3.8, 4) is 0 Å². The van der Waals surface area contributed by atoms with Gasteiger partial charge >= 0.3 is 5.97 Å². The Labute approximate surface area is 104 Å². The van der Waals surface area contributed by atoms with Crippen LogP contribution < -0.4 is 0 Å². The third kappa shape index (κ3) is 6.09. The molecule has 0 saturated heterocycles. The minimum atomic E-state index is -0.278. The van der Waals surface area contributed by atoms with Gasteiger partial charge in [-0.1, -0.05) is 20.4 Å². The van der Waals surface area contributed by atoms with Gasteiger partial charge in [0.05, 0.1) is 0 Å². The van der Waals surface area contributed by atoms with E-state index in [9.17, 15) is 9.59 Å². The molecule has 0 N–H and O–H groups in total. The standard InChI is InChI=1S/C13H23NO3/c1-5-8-12(15)17-10-11(4)13(16)14(7-3)9-6-2/h4-10H2,1-3H3. The fourth-order valence-electron chi connectivity index (χ4n) is 1.40. The summed E-state index contributed by atoms with van der Waals surface area (Å²) in [6, 6.07) is 0. The number of amides is 1. The van der Waals surface area contributed by atoms with E-state index in [0.29, 0.717) is 25.1 Å². The Balaban J connectivity index is 4.12. The number of likely N-dealkylation sites (N-methyl/N-ethyl adjacent to an activating group) is 1. The Morgan fingerprint density at radius 3 is 2.29 bits per heavy atom. The number of rotatable bonds is 8. The van der Waals surface area contributed by atoms with Crippen LogP contribution >= 0.6 is 0 Å². The molecular weight excluding hydrogens is 218 g/mol. The molecule has 0 bridgehead atoms. The van der Waals surface area contributed by atoms with Crippen LogP contribution in [0.4, 0.5) is 0 Å². The fraction of sp³-hybridized carbons (Fsp3) is 0.692. The monoisotopic (exact) mass is 241 g/mol. The summed E-state index contributed by atoms with van der Waals surface area (Å²) < 4.78 is 4.95. The van der Waals surface area contributed by atoms with Crippen LogP contribution in [0.25, 0.3) is 0 Å². The number of esters is 1. The maximum Gasteiger partial charge on any atom is 0.306 e. The minimum absolute atomic E-state index is 0.00210. The zero-order valence-electron chi connectivity index (χ0n) is 11.1. The second kappa shape index (κ2) is 8.79. The molecule has 0 fully saturated rings. The largest absolute Gasteiger partial charge is 0.461 e. The van der Waals surface area contributed by atoms with E-state index in [1.165, 1.54) is 0 Å². The van der Waals surface area contributed by atoms with Crippen LogP contribution in [-0.4, -0.2) is 36.5 Å². The molecule has 0 saturated carbocycles. The van der Waals surface area contributed by atoms with Crippen LogP contribution in [-0.2, 0) is 14.3 Å². The first-order valence-corrected chi connectivity index (χ1v) is 6.19. The van der Waals surface area contributed by atoms with E-state index < -0.39 is 0 Å². The molecule has 0 atom stereocenters. The molecule has 0 rings (SSSR count). The lowest BCUT2D eigenvalue weighted by molar-refractivity contribution is -0.143. The SMILES string of the molecule is C=C(COC(=O)CCC)C(=O)N(CC)CCC. The van der Waals surface area contributed by atoms with E-state index in [-0.39, 0.29) is 18.5 Å². The van der Waals surface area contributed by atoms with Gasteiger partial charge in [-0.05, 0) is 19.8 Å². The van der Waals surface area contributed by atoms with E-state index in [1.807, 2.05) is 20.8 Å². The van der Waals surface area contributed by atoms with Gasteiger partial charge in [0.1, 0.15) is 6.61 Å². The van der Waals surface area contributed by atoms with Crippen LogP contribution in [0.1, 0.15) is 40.0 Å². The molecule has 4 heteroatoms. The normalized spacial score (nSPS) is 9.82. The lowest BCUT2D eigenvalue weighted by atomic mass is 10.2. The first-order valence-electron chi connectivity index (χ1n) is 6.19. The quantitative estimate of drug-likeness (QED) is 0.483. The number of hydrogen-bond acceptors (Lipinski definition) is 3. The van der Waals surface area contributed by atoms with Crippen molar-refractivity contribution in [2.75, 3.05) is 19.7 Å². The molecule has 0 aromatic heterocycles. The second-order valence-electron chi connectivity index (χ2n) is 3.90. The average molecular weight is 241 g/mol. The second-order valence-corrected chi connectivity index (χ2v) is 3.90. The van der Waals surface area contributed by atoms with Gasteiger partial charge in [0, 0.05) is 25.1 Å². The van der Waals surface area contributed by atoms with Gasteiger partial charge < -0.3 is 9.64 Å². The summed E-state index contributed by atoms with van der Waals surface area (Å²) in [7, 11) is 0. The summed E-state index contributed by atoms with van der Waals surface area (Å²) in [5.41, 5.74) is 0.338. The molecule has 0 aromatic rings. The Morgan fingerprint density at radius 2 is 1.82 bits per heavy atom. The maximum absolute atomic E-state index is 11.9. The highest BCUT2D eigenvalue weighted by Crippen LogP contribution is 2.03. The van der Waals surface area contributed by atoms with Crippen molar-refractivity contribution in [3.05, 3.63) is 12.2 Å². The predicted molar refractivity (Wildman–Crippen MR) is 67.6 cm³/mol. The van der Waals surface area contributed by atoms with Gasteiger partial charge in [0.25, 0.3) is 5.91 Å². The molecule has 0 aromatic carbocycles. The van der Waals surface area contributed by atoms with Crippen molar-refractivity contribution in [1.82, 2.24) is 4.90 Å². The molecule has 0 radical (unpaired) electrons. The third-order valence-corrected chi connectivity index (χ3v) is 2.33. The van der Waals surface area contributed by atoms with Crippen molar-refractivity contribution < 1.29 is 14.3 Å². The first-order chi connectivity index (χ1) is 8.06. The summed E-state index contributed by atoms with van der Waals surface area (Å²) in [5, 5.41) is 0. The highest BCUT2D eigenvalue weighted by atomic mass is 16.5. The number of carbonyl (C=O) groups excluding carboxylic acids is 2. The Morgan fingerprint density at radius 1 is 1.18 bits per heavy atom. The van der Waals surface area contributed by atoms with Crippen molar-refractivity contribution in [3.63, 3.8) is 0 Å². The highest BCUT2D eigenvalue weighted by molar-refractivity contribution is 5.93. The fourth-order valence-corrected chi connectivity index (χ4v) is 1.40. The van der Waals surface area contributed by atoms with Crippen LogP contribution in [0.3, 0.4) is 0 Å². The smallest absolute Gasteiger partial charge is 0.306 e. The predicted octanol–water partition coefficient (Wildman–Crippen LogP) is 2.14.